The SMILES string of the molecule is CC(=O)O[C@H](C(=O)O)[C@@H]1OC(=O)CN([C@H](Cc2ccc(-c3ccccc3)cc2)C[C@@H](C)C(=O)O)C1=O.C[C@H](C[C@H](N)Cc1ccc(-c2ccccc2)cc1)C(=O)OCc1ccccc1. The van der Waals surface area contributed by atoms with Gasteiger partial charge in [0, 0.05) is 19.0 Å². The van der Waals surface area contributed by atoms with Crippen molar-refractivity contribution in [2.24, 2.45) is 17.6 Å². The van der Waals surface area contributed by atoms with Crippen LogP contribution in [0.1, 0.15) is 50.3 Å². The van der Waals surface area contributed by atoms with Gasteiger partial charge < -0.3 is 35.1 Å². The van der Waals surface area contributed by atoms with E-state index in [0.29, 0.717) is 13.0 Å². The highest BCUT2D eigenvalue weighted by atomic mass is 16.6. The fourth-order valence-electron chi connectivity index (χ4n) is 7.37. The van der Waals surface area contributed by atoms with Gasteiger partial charge in [-0.3, -0.25) is 24.0 Å². The van der Waals surface area contributed by atoms with Gasteiger partial charge in [0.15, 0.2) is 0 Å². The smallest absolute Gasteiger partial charge is 0.349 e. The van der Waals surface area contributed by atoms with Crippen LogP contribution in [0.5, 0.6) is 0 Å². The van der Waals surface area contributed by atoms with E-state index in [2.05, 4.69) is 36.4 Å². The van der Waals surface area contributed by atoms with Gasteiger partial charge in [-0.15, -0.1) is 0 Å². The van der Waals surface area contributed by atoms with Gasteiger partial charge in [0.25, 0.3) is 5.91 Å². The second-order valence-corrected chi connectivity index (χ2v) is 15.9. The van der Waals surface area contributed by atoms with Crippen molar-refractivity contribution in [1.82, 2.24) is 4.90 Å². The molecular formula is C51H54N2O11. The molecule has 1 amide bonds. The summed E-state index contributed by atoms with van der Waals surface area (Å²) in [7, 11) is 0. The molecule has 0 aromatic heterocycles. The summed E-state index contributed by atoms with van der Waals surface area (Å²) < 4.78 is 15.1. The van der Waals surface area contributed by atoms with Crippen LogP contribution >= 0.6 is 0 Å². The molecule has 13 nitrogen and oxygen atoms in total. The number of nitrogens with zero attached hydrogens (tertiary/aromatic N) is 1. The molecule has 5 aromatic rings. The maximum absolute atomic E-state index is 13.3. The van der Waals surface area contributed by atoms with Crippen molar-refractivity contribution >= 4 is 35.8 Å². The van der Waals surface area contributed by atoms with Gasteiger partial charge in [-0.25, -0.2) is 4.79 Å². The number of hydrogen-bond donors (Lipinski definition) is 3. The van der Waals surface area contributed by atoms with Crippen LogP contribution in [0.4, 0.5) is 0 Å². The maximum Gasteiger partial charge on any atom is 0.349 e. The molecule has 0 unspecified atom stereocenters. The molecule has 1 aliphatic rings. The normalized spacial score (nSPS) is 15.8. The first-order chi connectivity index (χ1) is 30.7. The van der Waals surface area contributed by atoms with Crippen molar-refractivity contribution in [3.63, 3.8) is 0 Å². The van der Waals surface area contributed by atoms with Gasteiger partial charge in [-0.1, -0.05) is 153 Å². The lowest BCUT2D eigenvalue weighted by atomic mass is 9.93. The van der Waals surface area contributed by atoms with Gasteiger partial charge in [0.05, 0.1) is 11.8 Å². The molecule has 0 aliphatic carbocycles. The molecule has 0 bridgehead atoms. The highest BCUT2D eigenvalue weighted by molar-refractivity contribution is 5.95. The summed E-state index contributed by atoms with van der Waals surface area (Å²) in [5, 5.41) is 18.9. The number of carbonyl (C=O) groups is 6. The van der Waals surface area contributed by atoms with E-state index < -0.39 is 60.5 Å². The second-order valence-electron chi connectivity index (χ2n) is 15.9. The number of amides is 1. The van der Waals surface area contributed by atoms with E-state index in [9.17, 15) is 39.0 Å². The molecule has 0 saturated carbocycles. The van der Waals surface area contributed by atoms with E-state index in [4.69, 9.17) is 19.9 Å². The van der Waals surface area contributed by atoms with Crippen LogP contribution in [0.2, 0.25) is 0 Å². The number of hydrogen-bond acceptors (Lipinski definition) is 10. The zero-order valence-corrected chi connectivity index (χ0v) is 36.1. The van der Waals surface area contributed by atoms with E-state index in [1.807, 2.05) is 110 Å². The largest absolute Gasteiger partial charge is 0.481 e. The molecule has 64 heavy (non-hydrogen) atoms. The highest BCUT2D eigenvalue weighted by Gasteiger charge is 2.47. The van der Waals surface area contributed by atoms with Crippen molar-refractivity contribution in [3.05, 3.63) is 156 Å². The number of aliphatic carboxylic acids is 2. The fourth-order valence-corrected chi connectivity index (χ4v) is 7.37. The minimum Gasteiger partial charge on any atom is -0.481 e. The summed E-state index contributed by atoms with van der Waals surface area (Å²) in [6.45, 7) is 4.16. The number of cyclic esters (lactones) is 1. The third kappa shape index (κ3) is 14.2. The fraction of sp³-hybridized carbons (Fsp3) is 0.294. The summed E-state index contributed by atoms with van der Waals surface area (Å²) in [5.41, 5.74) is 13.6. The van der Waals surface area contributed by atoms with Gasteiger partial charge in [0.2, 0.25) is 12.2 Å². The standard InChI is InChI=1S/C26H27NO9.C25H27NO2/c1-15(25(31)32)12-20(13-17-8-10-19(11-9-17)18-6-4-3-5-7-18)27-14-21(29)36-22(24(27)30)23(26(33)34)35-16(2)28;1-19(25(27)28-18-21-8-4-2-5-9-21)16-24(26)17-20-12-14-23(15-13-20)22-10-6-3-7-11-22/h3-11,15,20,22-23H,12-14H2,1-2H3,(H,31,32)(H,33,34);2-15,19,24H,16-18,26H2,1H3/t15-,20+,22+,23+;19-,24+/m11/s1. The monoisotopic (exact) mass is 870 g/mol. The van der Waals surface area contributed by atoms with Crippen LogP contribution in [0.3, 0.4) is 0 Å². The lowest BCUT2D eigenvalue weighted by Gasteiger charge is -2.39. The lowest BCUT2D eigenvalue weighted by molar-refractivity contribution is -0.192. The van der Waals surface area contributed by atoms with E-state index in [-0.39, 0.29) is 30.8 Å². The Bertz CT molecular complexity index is 2320. The summed E-state index contributed by atoms with van der Waals surface area (Å²) in [6.07, 6.45) is -2.34. The third-order valence-electron chi connectivity index (χ3n) is 10.8. The van der Waals surface area contributed by atoms with Gasteiger partial charge in [-0.05, 0) is 64.6 Å². The van der Waals surface area contributed by atoms with Crippen molar-refractivity contribution in [2.75, 3.05) is 6.54 Å². The third-order valence-corrected chi connectivity index (χ3v) is 10.8. The number of carboxylic acids is 2. The van der Waals surface area contributed by atoms with E-state index >= 15 is 0 Å². The van der Waals surface area contributed by atoms with E-state index in [1.54, 1.807) is 0 Å². The lowest BCUT2D eigenvalue weighted by Crippen LogP contribution is -2.60. The highest BCUT2D eigenvalue weighted by Crippen LogP contribution is 2.26. The molecule has 6 atom stereocenters. The van der Waals surface area contributed by atoms with E-state index in [1.165, 1.54) is 23.6 Å². The number of nitrogens with two attached hydrogens (primary N) is 1. The Labute approximate surface area is 372 Å². The molecule has 6 rings (SSSR count). The molecule has 334 valence electrons. The molecule has 1 saturated heterocycles. The predicted molar refractivity (Wildman–Crippen MR) is 239 cm³/mol. The van der Waals surface area contributed by atoms with Crippen LogP contribution in [0, 0.1) is 11.8 Å². The first-order valence-electron chi connectivity index (χ1n) is 21.1. The Balaban J connectivity index is 0.000000248. The predicted octanol–water partition coefficient (Wildman–Crippen LogP) is 7.14. The molecule has 13 heteroatoms. The van der Waals surface area contributed by atoms with Crippen LogP contribution in [0.25, 0.3) is 22.3 Å². The topological polar surface area (TPSA) is 200 Å². The quantitative estimate of drug-likeness (QED) is 0.0595. The van der Waals surface area contributed by atoms with Crippen LogP contribution < -0.4 is 5.73 Å². The van der Waals surface area contributed by atoms with Gasteiger partial charge in [-0.2, -0.15) is 0 Å². The van der Waals surface area contributed by atoms with Crippen molar-refractivity contribution < 1.29 is 53.2 Å². The molecule has 0 radical (unpaired) electrons. The number of morpholine rings is 1. The zero-order chi connectivity index (χ0) is 46.2. The minimum absolute atomic E-state index is 0.00676. The van der Waals surface area contributed by atoms with Crippen LogP contribution in [0.15, 0.2) is 140 Å². The number of carboxylic acid groups (broad SMARTS) is 2. The van der Waals surface area contributed by atoms with Gasteiger partial charge >= 0.3 is 29.8 Å². The molecule has 5 aromatic carbocycles. The summed E-state index contributed by atoms with van der Waals surface area (Å²) in [5.74, 6) is -6.71. The summed E-state index contributed by atoms with van der Waals surface area (Å²) in [6, 6.07) is 44.8. The first-order valence-corrected chi connectivity index (χ1v) is 21.1. The Morgan fingerprint density at radius 3 is 1.62 bits per heavy atom. The molecule has 0 spiro atoms. The minimum atomic E-state index is -2.02. The number of rotatable bonds is 18. The second kappa shape index (κ2) is 23.4. The Kier molecular flexibility index (Phi) is 17.5. The van der Waals surface area contributed by atoms with Crippen LogP contribution in [-0.2, 0) is 62.4 Å². The Morgan fingerprint density at radius 1 is 0.656 bits per heavy atom. The molecular weight excluding hydrogens is 817 g/mol. The number of ether oxygens (including phenoxy) is 3. The maximum atomic E-state index is 13.3. The van der Waals surface area contributed by atoms with Gasteiger partial charge in [0.1, 0.15) is 13.2 Å². The average Bonchev–Trinajstić information content (AvgIpc) is 3.29. The molecule has 1 aliphatic heterocycles. The van der Waals surface area contributed by atoms with E-state index in [0.717, 1.165) is 40.5 Å². The molecule has 1 heterocycles. The van der Waals surface area contributed by atoms with Crippen LogP contribution in [-0.4, -0.2) is 81.7 Å². The molecule has 1 fully saturated rings. The first kappa shape index (κ1) is 47.9. The summed E-state index contributed by atoms with van der Waals surface area (Å²) in [4.78, 5) is 73.6. The Morgan fingerprint density at radius 2 is 1.14 bits per heavy atom. The summed E-state index contributed by atoms with van der Waals surface area (Å²) >= 11 is 0. The average molecular weight is 871 g/mol. The van der Waals surface area contributed by atoms with Crippen molar-refractivity contribution in [3.8, 4) is 22.3 Å². The zero-order valence-electron chi connectivity index (χ0n) is 36.1. The molecule has 4 N–H and O–H groups in total. The number of esters is 3. The van der Waals surface area contributed by atoms with Crippen molar-refractivity contribution in [1.29, 1.82) is 0 Å². The number of benzene rings is 5. The number of carbonyl (C=O) groups excluding carboxylic acids is 4. The van der Waals surface area contributed by atoms with Crippen molar-refractivity contribution in [2.45, 2.75) is 77.4 Å². The Hall–Kier alpha value is -7.12.